The minimum atomic E-state index is 0.269. The van der Waals surface area contributed by atoms with Crippen LogP contribution in [0.4, 0.5) is 0 Å². The molecule has 1 saturated heterocycles. The highest BCUT2D eigenvalue weighted by atomic mass is 16.5. The van der Waals surface area contributed by atoms with E-state index < -0.39 is 0 Å². The molecule has 1 heterocycles. The maximum Gasteiger partial charge on any atom is 0.226 e. The maximum absolute atomic E-state index is 12.6. The molecule has 132 valence electrons. The van der Waals surface area contributed by atoms with E-state index >= 15 is 0 Å². The van der Waals surface area contributed by atoms with Crippen LogP contribution in [-0.2, 0) is 4.79 Å². The Morgan fingerprint density at radius 3 is 2.75 bits per heavy atom. The van der Waals surface area contributed by atoms with Crippen LogP contribution < -0.4 is 10.1 Å². The summed E-state index contributed by atoms with van der Waals surface area (Å²) in [5, 5.41) is 3.39. The van der Waals surface area contributed by atoms with Crippen LogP contribution in [0.25, 0.3) is 0 Å². The Morgan fingerprint density at radius 2 is 2.04 bits per heavy atom. The Bertz CT molecular complexity index is 593. The normalized spacial score (nSPS) is 21.5. The first-order chi connectivity index (χ1) is 11.5. The molecule has 1 amide bonds. The fraction of sp³-hybridized carbons (Fsp3) is 0.650. The summed E-state index contributed by atoms with van der Waals surface area (Å²) >= 11 is 0. The van der Waals surface area contributed by atoms with Gasteiger partial charge in [0, 0.05) is 19.5 Å². The number of aryl methyl sites for hydroxylation is 2. The zero-order chi connectivity index (χ0) is 17.2. The van der Waals surface area contributed by atoms with E-state index in [0.717, 1.165) is 51.1 Å². The van der Waals surface area contributed by atoms with E-state index in [1.807, 2.05) is 18.0 Å². The molecular formula is C20H30N2O2. The van der Waals surface area contributed by atoms with E-state index in [-0.39, 0.29) is 5.92 Å². The van der Waals surface area contributed by atoms with Crippen LogP contribution in [0.2, 0.25) is 0 Å². The van der Waals surface area contributed by atoms with E-state index in [1.165, 1.54) is 11.1 Å². The number of nitrogens with one attached hydrogen (secondary N) is 1. The third kappa shape index (κ3) is 3.75. The van der Waals surface area contributed by atoms with E-state index in [9.17, 15) is 4.79 Å². The zero-order valence-electron chi connectivity index (χ0n) is 15.2. The van der Waals surface area contributed by atoms with Gasteiger partial charge < -0.3 is 15.0 Å². The SMILES string of the molecule is Cc1ccc(OCCCN(C)C(=O)[C@H]2CC23CCNCC3)cc1C. The second-order valence-electron chi connectivity index (χ2n) is 7.58. The van der Waals surface area contributed by atoms with Crippen molar-refractivity contribution in [3.05, 3.63) is 29.3 Å². The molecule has 3 rings (SSSR count). The molecule has 4 nitrogen and oxygen atoms in total. The van der Waals surface area contributed by atoms with Gasteiger partial charge in [-0.1, -0.05) is 6.07 Å². The maximum atomic E-state index is 12.6. The summed E-state index contributed by atoms with van der Waals surface area (Å²) in [5.74, 6) is 1.52. The Morgan fingerprint density at radius 1 is 1.29 bits per heavy atom. The minimum Gasteiger partial charge on any atom is -0.494 e. The molecule has 2 fully saturated rings. The molecule has 1 atom stereocenters. The summed E-state index contributed by atoms with van der Waals surface area (Å²) in [6.07, 6.45) is 4.29. The number of nitrogens with zero attached hydrogens (tertiary/aromatic N) is 1. The third-order valence-electron chi connectivity index (χ3n) is 5.85. The summed E-state index contributed by atoms with van der Waals surface area (Å²) in [6, 6.07) is 6.18. The van der Waals surface area contributed by atoms with Crippen molar-refractivity contribution in [3.63, 3.8) is 0 Å². The highest BCUT2D eigenvalue weighted by Crippen LogP contribution is 2.59. The Hall–Kier alpha value is -1.55. The topological polar surface area (TPSA) is 41.6 Å². The van der Waals surface area contributed by atoms with Gasteiger partial charge in [-0.2, -0.15) is 0 Å². The van der Waals surface area contributed by atoms with Crippen LogP contribution in [0, 0.1) is 25.2 Å². The van der Waals surface area contributed by atoms with Gasteiger partial charge in [0.25, 0.3) is 0 Å². The molecule has 1 aromatic carbocycles. The molecule has 1 saturated carbocycles. The summed E-state index contributed by atoms with van der Waals surface area (Å²) in [6.45, 7) is 7.76. The van der Waals surface area contributed by atoms with Crippen molar-refractivity contribution in [2.24, 2.45) is 11.3 Å². The minimum absolute atomic E-state index is 0.269. The van der Waals surface area contributed by atoms with Gasteiger partial charge in [-0.25, -0.2) is 0 Å². The summed E-state index contributed by atoms with van der Waals surface area (Å²) in [4.78, 5) is 14.5. The average Bonchev–Trinajstić information content (AvgIpc) is 3.27. The smallest absolute Gasteiger partial charge is 0.226 e. The van der Waals surface area contributed by atoms with Gasteiger partial charge >= 0.3 is 0 Å². The molecule has 0 unspecified atom stereocenters. The summed E-state index contributed by atoms with van der Waals surface area (Å²) < 4.78 is 5.81. The molecule has 2 aliphatic rings. The van der Waals surface area contributed by atoms with Gasteiger partial charge in [0.15, 0.2) is 0 Å². The second kappa shape index (κ2) is 7.14. The summed E-state index contributed by atoms with van der Waals surface area (Å²) in [5.41, 5.74) is 2.86. The molecule has 1 aliphatic heterocycles. The monoisotopic (exact) mass is 330 g/mol. The molecule has 24 heavy (non-hydrogen) atoms. The molecule has 0 radical (unpaired) electrons. The van der Waals surface area contributed by atoms with E-state index in [1.54, 1.807) is 0 Å². The van der Waals surface area contributed by atoms with Crippen LogP contribution in [0.3, 0.4) is 0 Å². The number of carbonyl (C=O) groups excluding carboxylic acids is 1. The lowest BCUT2D eigenvalue weighted by Crippen LogP contribution is -2.35. The van der Waals surface area contributed by atoms with E-state index in [4.69, 9.17) is 4.74 Å². The first-order valence-corrected chi connectivity index (χ1v) is 9.18. The number of amides is 1. The first kappa shape index (κ1) is 17.3. The molecule has 1 spiro atoms. The Labute approximate surface area is 145 Å². The van der Waals surface area contributed by atoms with Crippen LogP contribution >= 0.6 is 0 Å². The number of carbonyl (C=O) groups is 1. The van der Waals surface area contributed by atoms with Gasteiger partial charge in [-0.05, 0) is 81.3 Å². The van der Waals surface area contributed by atoms with Gasteiger partial charge in [0.1, 0.15) is 5.75 Å². The molecular weight excluding hydrogens is 300 g/mol. The Balaban J connectivity index is 1.39. The van der Waals surface area contributed by atoms with Crippen molar-refractivity contribution in [1.82, 2.24) is 10.2 Å². The highest BCUT2D eigenvalue weighted by molar-refractivity contribution is 5.82. The molecule has 1 N–H and O–H groups in total. The second-order valence-corrected chi connectivity index (χ2v) is 7.58. The van der Waals surface area contributed by atoms with Crippen molar-refractivity contribution in [2.75, 3.05) is 33.3 Å². The van der Waals surface area contributed by atoms with E-state index in [0.29, 0.717) is 17.9 Å². The van der Waals surface area contributed by atoms with Crippen molar-refractivity contribution in [2.45, 2.75) is 39.5 Å². The highest BCUT2D eigenvalue weighted by Gasteiger charge is 2.58. The average molecular weight is 330 g/mol. The lowest BCUT2D eigenvalue weighted by Gasteiger charge is -2.25. The molecule has 0 bridgehead atoms. The van der Waals surface area contributed by atoms with Crippen LogP contribution in [0.5, 0.6) is 5.75 Å². The largest absolute Gasteiger partial charge is 0.494 e. The number of hydrogen-bond acceptors (Lipinski definition) is 3. The Kier molecular flexibility index (Phi) is 5.14. The number of piperidine rings is 1. The number of rotatable bonds is 6. The van der Waals surface area contributed by atoms with Gasteiger partial charge in [0.2, 0.25) is 5.91 Å². The predicted molar refractivity (Wildman–Crippen MR) is 96.3 cm³/mol. The quantitative estimate of drug-likeness (QED) is 0.816. The fourth-order valence-corrected chi connectivity index (χ4v) is 3.85. The van der Waals surface area contributed by atoms with Crippen LogP contribution in [-0.4, -0.2) is 44.1 Å². The van der Waals surface area contributed by atoms with Crippen molar-refractivity contribution >= 4 is 5.91 Å². The van der Waals surface area contributed by atoms with Gasteiger partial charge in [-0.15, -0.1) is 0 Å². The standard InChI is InChI=1S/C20H30N2O2/c1-15-5-6-17(13-16(15)2)24-12-4-11-22(3)19(23)18-14-20(18)7-9-21-10-8-20/h5-6,13,18,21H,4,7-12,14H2,1-3H3/t18-/m1/s1. The molecule has 1 aliphatic carbocycles. The fourth-order valence-electron chi connectivity index (χ4n) is 3.85. The van der Waals surface area contributed by atoms with E-state index in [2.05, 4.69) is 31.3 Å². The lowest BCUT2D eigenvalue weighted by molar-refractivity contribution is -0.132. The predicted octanol–water partition coefficient (Wildman–Crippen LogP) is 2.92. The van der Waals surface area contributed by atoms with Crippen LogP contribution in [0.15, 0.2) is 18.2 Å². The lowest BCUT2D eigenvalue weighted by atomic mass is 9.91. The van der Waals surface area contributed by atoms with Gasteiger partial charge in [-0.3, -0.25) is 4.79 Å². The number of ether oxygens (including phenoxy) is 1. The van der Waals surface area contributed by atoms with Crippen molar-refractivity contribution < 1.29 is 9.53 Å². The van der Waals surface area contributed by atoms with Crippen LogP contribution in [0.1, 0.15) is 36.8 Å². The molecule has 1 aromatic rings. The number of benzene rings is 1. The van der Waals surface area contributed by atoms with Gasteiger partial charge in [0.05, 0.1) is 6.61 Å². The molecule has 0 aromatic heterocycles. The van der Waals surface area contributed by atoms with Crippen molar-refractivity contribution in [1.29, 1.82) is 0 Å². The zero-order valence-corrected chi connectivity index (χ0v) is 15.2. The summed E-state index contributed by atoms with van der Waals surface area (Å²) in [7, 11) is 1.94. The molecule has 4 heteroatoms. The first-order valence-electron chi connectivity index (χ1n) is 9.18. The van der Waals surface area contributed by atoms with Crippen molar-refractivity contribution in [3.8, 4) is 5.75 Å². The number of hydrogen-bond donors (Lipinski definition) is 1. The third-order valence-corrected chi connectivity index (χ3v) is 5.85.